The molecule has 2 aromatic rings. The van der Waals surface area contributed by atoms with E-state index in [2.05, 4.69) is 46.8 Å². The first-order valence-corrected chi connectivity index (χ1v) is 6.25. The first kappa shape index (κ1) is 12.4. The Bertz CT molecular complexity index is 579. The fraction of sp³-hybridized carbons (Fsp3) is 0.400. The van der Waals surface area contributed by atoms with Crippen LogP contribution in [0.3, 0.4) is 0 Å². The molecule has 2 rings (SSSR count). The minimum Gasteiger partial charge on any atom is -0.252 e. The third-order valence-corrected chi connectivity index (χ3v) is 3.27. The van der Waals surface area contributed by atoms with Crippen LogP contribution < -0.4 is 0 Å². The molecule has 0 unspecified atom stereocenters. The monoisotopic (exact) mass is 247 g/mol. The smallest absolute Gasteiger partial charge is 0.0725 e. The molecule has 0 atom stereocenters. The van der Waals surface area contributed by atoms with Crippen LogP contribution in [0.15, 0.2) is 18.2 Å². The number of hydrogen-bond donors (Lipinski definition) is 0. The maximum atomic E-state index is 6.39. The molecule has 1 heterocycles. The molecule has 0 amide bonds. The van der Waals surface area contributed by atoms with E-state index in [-0.39, 0.29) is 5.41 Å². The van der Waals surface area contributed by atoms with Crippen molar-refractivity contribution in [2.75, 3.05) is 0 Å². The van der Waals surface area contributed by atoms with Crippen molar-refractivity contribution >= 4 is 22.5 Å². The highest BCUT2D eigenvalue weighted by atomic mass is 35.5. The van der Waals surface area contributed by atoms with Crippen molar-refractivity contribution in [2.45, 2.75) is 40.0 Å². The summed E-state index contributed by atoms with van der Waals surface area (Å²) in [6.45, 7) is 10.6. The van der Waals surface area contributed by atoms with Crippen molar-refractivity contribution in [1.82, 2.24) is 4.98 Å². The van der Waals surface area contributed by atoms with Crippen LogP contribution in [-0.4, -0.2) is 4.98 Å². The number of fused-ring (bicyclic) bond motifs is 1. The van der Waals surface area contributed by atoms with Crippen LogP contribution >= 0.6 is 11.6 Å². The van der Waals surface area contributed by atoms with Gasteiger partial charge >= 0.3 is 0 Å². The Morgan fingerprint density at radius 2 is 1.71 bits per heavy atom. The SMILES string of the molecule is Cc1cc(C)c2c(Cl)cc(C(C)(C)C)nc2c1. The van der Waals surface area contributed by atoms with Crippen LogP contribution in [0.1, 0.15) is 37.6 Å². The van der Waals surface area contributed by atoms with Crippen LogP contribution in [0.2, 0.25) is 5.02 Å². The van der Waals surface area contributed by atoms with Crippen LogP contribution in [0.4, 0.5) is 0 Å². The summed E-state index contributed by atoms with van der Waals surface area (Å²) in [7, 11) is 0. The van der Waals surface area contributed by atoms with Gasteiger partial charge in [0, 0.05) is 16.5 Å². The number of halogens is 1. The molecule has 0 saturated carbocycles. The number of rotatable bonds is 0. The molecule has 1 aromatic carbocycles. The van der Waals surface area contributed by atoms with Crippen molar-refractivity contribution in [2.24, 2.45) is 0 Å². The standard InChI is InChI=1S/C15H18ClN/c1-9-6-10(2)14-11(16)8-13(15(3,4)5)17-12(14)7-9/h6-8H,1-5H3. The van der Waals surface area contributed by atoms with Crippen molar-refractivity contribution in [3.63, 3.8) is 0 Å². The van der Waals surface area contributed by atoms with Gasteiger partial charge in [0.2, 0.25) is 0 Å². The zero-order valence-electron chi connectivity index (χ0n) is 11.1. The molecule has 0 bridgehead atoms. The first-order chi connectivity index (χ1) is 7.79. The van der Waals surface area contributed by atoms with Crippen molar-refractivity contribution in [3.05, 3.63) is 40.0 Å². The lowest BCUT2D eigenvalue weighted by atomic mass is 9.91. The van der Waals surface area contributed by atoms with Gasteiger partial charge in [-0.2, -0.15) is 0 Å². The van der Waals surface area contributed by atoms with E-state index in [0.29, 0.717) is 0 Å². The molecule has 0 spiro atoms. The summed E-state index contributed by atoms with van der Waals surface area (Å²) >= 11 is 6.39. The highest BCUT2D eigenvalue weighted by Gasteiger charge is 2.18. The summed E-state index contributed by atoms with van der Waals surface area (Å²) < 4.78 is 0. The summed E-state index contributed by atoms with van der Waals surface area (Å²) in [5.41, 5.74) is 4.48. The summed E-state index contributed by atoms with van der Waals surface area (Å²) in [5, 5.41) is 1.88. The maximum Gasteiger partial charge on any atom is 0.0725 e. The number of aromatic nitrogens is 1. The van der Waals surface area contributed by atoms with Crippen LogP contribution in [-0.2, 0) is 5.41 Å². The zero-order valence-corrected chi connectivity index (χ0v) is 11.8. The molecule has 90 valence electrons. The molecular formula is C15H18ClN. The average Bonchev–Trinajstić information content (AvgIpc) is 2.13. The molecule has 0 aliphatic carbocycles. The Kier molecular flexibility index (Phi) is 2.90. The van der Waals surface area contributed by atoms with E-state index < -0.39 is 0 Å². The highest BCUT2D eigenvalue weighted by Crippen LogP contribution is 2.31. The summed E-state index contributed by atoms with van der Waals surface area (Å²) in [5.74, 6) is 0. The van der Waals surface area contributed by atoms with Gasteiger partial charge in [0.1, 0.15) is 0 Å². The molecule has 0 N–H and O–H groups in total. The molecule has 0 saturated heterocycles. The Morgan fingerprint density at radius 3 is 2.29 bits per heavy atom. The molecule has 0 fully saturated rings. The normalized spacial score (nSPS) is 12.1. The Hall–Kier alpha value is -1.08. The molecule has 0 aliphatic heterocycles. The lowest BCUT2D eigenvalue weighted by Crippen LogP contribution is -2.13. The van der Waals surface area contributed by atoms with E-state index in [1.807, 2.05) is 6.07 Å². The van der Waals surface area contributed by atoms with Crippen molar-refractivity contribution in [1.29, 1.82) is 0 Å². The third-order valence-electron chi connectivity index (χ3n) is 2.97. The topological polar surface area (TPSA) is 12.9 Å². The number of pyridine rings is 1. The Morgan fingerprint density at radius 1 is 1.06 bits per heavy atom. The van der Waals surface area contributed by atoms with Gasteiger partial charge in [0.15, 0.2) is 0 Å². The fourth-order valence-corrected chi connectivity index (χ4v) is 2.43. The predicted octanol–water partition coefficient (Wildman–Crippen LogP) is 4.80. The van der Waals surface area contributed by atoms with Gasteiger partial charge in [-0.3, -0.25) is 4.98 Å². The lowest BCUT2D eigenvalue weighted by Gasteiger charge is -2.19. The molecule has 1 nitrogen and oxygen atoms in total. The molecule has 2 heteroatoms. The van der Waals surface area contributed by atoms with Crippen LogP contribution in [0, 0.1) is 13.8 Å². The van der Waals surface area contributed by atoms with E-state index >= 15 is 0 Å². The van der Waals surface area contributed by atoms with E-state index in [0.717, 1.165) is 21.6 Å². The number of aryl methyl sites for hydroxylation is 2. The minimum atomic E-state index is 0.0233. The first-order valence-electron chi connectivity index (χ1n) is 5.87. The second kappa shape index (κ2) is 3.99. The number of benzene rings is 1. The van der Waals surface area contributed by atoms with Crippen LogP contribution in [0.5, 0.6) is 0 Å². The van der Waals surface area contributed by atoms with Gasteiger partial charge in [-0.25, -0.2) is 0 Å². The molecular weight excluding hydrogens is 230 g/mol. The molecule has 17 heavy (non-hydrogen) atoms. The zero-order chi connectivity index (χ0) is 12.8. The Balaban J connectivity index is 2.82. The van der Waals surface area contributed by atoms with E-state index in [1.54, 1.807) is 0 Å². The van der Waals surface area contributed by atoms with Gasteiger partial charge in [0.05, 0.1) is 10.5 Å². The van der Waals surface area contributed by atoms with Gasteiger partial charge in [-0.1, -0.05) is 38.4 Å². The molecule has 0 radical (unpaired) electrons. The van der Waals surface area contributed by atoms with Gasteiger partial charge < -0.3 is 0 Å². The molecule has 1 aromatic heterocycles. The quantitative estimate of drug-likeness (QED) is 0.652. The van der Waals surface area contributed by atoms with E-state index in [9.17, 15) is 0 Å². The average molecular weight is 248 g/mol. The van der Waals surface area contributed by atoms with E-state index in [4.69, 9.17) is 16.6 Å². The maximum absolute atomic E-state index is 6.39. The van der Waals surface area contributed by atoms with Crippen LogP contribution in [0.25, 0.3) is 10.9 Å². The van der Waals surface area contributed by atoms with Crippen molar-refractivity contribution in [3.8, 4) is 0 Å². The van der Waals surface area contributed by atoms with Gasteiger partial charge in [-0.05, 0) is 37.1 Å². The highest BCUT2D eigenvalue weighted by molar-refractivity contribution is 6.35. The number of hydrogen-bond acceptors (Lipinski definition) is 1. The summed E-state index contributed by atoms with van der Waals surface area (Å²) in [6, 6.07) is 6.24. The summed E-state index contributed by atoms with van der Waals surface area (Å²) in [6.07, 6.45) is 0. The van der Waals surface area contributed by atoms with Crippen molar-refractivity contribution < 1.29 is 0 Å². The minimum absolute atomic E-state index is 0.0233. The number of nitrogens with zero attached hydrogens (tertiary/aromatic N) is 1. The third kappa shape index (κ3) is 2.30. The van der Waals surface area contributed by atoms with Gasteiger partial charge in [-0.15, -0.1) is 0 Å². The second-order valence-electron chi connectivity index (χ2n) is 5.72. The lowest BCUT2D eigenvalue weighted by molar-refractivity contribution is 0.571. The second-order valence-corrected chi connectivity index (χ2v) is 6.12. The van der Waals surface area contributed by atoms with E-state index in [1.165, 1.54) is 11.1 Å². The molecule has 0 aliphatic rings. The summed E-state index contributed by atoms with van der Waals surface area (Å²) in [4.78, 5) is 4.74. The fourth-order valence-electron chi connectivity index (χ4n) is 2.08. The predicted molar refractivity (Wildman–Crippen MR) is 74.9 cm³/mol. The Labute approximate surface area is 108 Å². The largest absolute Gasteiger partial charge is 0.252 e. The van der Waals surface area contributed by atoms with Gasteiger partial charge in [0.25, 0.3) is 0 Å².